The van der Waals surface area contributed by atoms with Gasteiger partial charge in [-0.25, -0.2) is 0 Å². The number of amides is 1. The lowest BCUT2D eigenvalue weighted by Gasteiger charge is -2.37. The molecule has 20 heavy (non-hydrogen) atoms. The molecule has 1 amide bonds. The van der Waals surface area contributed by atoms with Crippen LogP contribution in [0.5, 0.6) is 0 Å². The van der Waals surface area contributed by atoms with E-state index in [1.807, 2.05) is 36.0 Å². The maximum atomic E-state index is 12.8. The summed E-state index contributed by atoms with van der Waals surface area (Å²) in [5, 5.41) is 0. The van der Waals surface area contributed by atoms with Gasteiger partial charge in [0.15, 0.2) is 0 Å². The largest absolute Gasteiger partial charge is 0.399 e. The molecule has 0 aromatic heterocycles. The fourth-order valence-corrected chi connectivity index (χ4v) is 2.98. The second-order valence-electron chi connectivity index (χ2n) is 6.15. The highest BCUT2D eigenvalue weighted by atomic mass is 16.2. The van der Waals surface area contributed by atoms with E-state index in [9.17, 15) is 4.79 Å². The molecule has 0 aliphatic carbocycles. The first kappa shape index (κ1) is 14.7. The van der Waals surface area contributed by atoms with E-state index in [-0.39, 0.29) is 5.91 Å². The highest BCUT2D eigenvalue weighted by Crippen LogP contribution is 2.28. The number of piperidine rings is 1. The molecule has 2 unspecified atom stereocenters. The van der Waals surface area contributed by atoms with Crippen molar-refractivity contribution >= 4 is 17.3 Å². The molecule has 0 radical (unpaired) electrons. The second-order valence-corrected chi connectivity index (χ2v) is 6.15. The molecule has 0 spiro atoms. The Morgan fingerprint density at radius 3 is 2.65 bits per heavy atom. The van der Waals surface area contributed by atoms with Gasteiger partial charge in [-0.15, -0.1) is 0 Å². The number of likely N-dealkylation sites (tertiary alicyclic amines) is 1. The molecule has 1 heterocycles. The molecule has 2 rings (SSSR count). The summed E-state index contributed by atoms with van der Waals surface area (Å²) in [5.41, 5.74) is 8.13. The van der Waals surface area contributed by atoms with E-state index in [2.05, 4.69) is 13.8 Å². The third-order valence-corrected chi connectivity index (χ3v) is 4.13. The average molecular weight is 275 g/mol. The minimum Gasteiger partial charge on any atom is -0.399 e. The molecule has 110 valence electrons. The van der Waals surface area contributed by atoms with Crippen LogP contribution >= 0.6 is 0 Å². The van der Waals surface area contributed by atoms with E-state index in [4.69, 9.17) is 5.73 Å². The Morgan fingerprint density at radius 2 is 2.05 bits per heavy atom. The molecule has 2 atom stereocenters. The lowest BCUT2D eigenvalue weighted by molar-refractivity contribution is 0.0589. The van der Waals surface area contributed by atoms with Crippen molar-refractivity contribution in [3.63, 3.8) is 0 Å². The van der Waals surface area contributed by atoms with Gasteiger partial charge in [-0.1, -0.05) is 6.92 Å². The molecular formula is C16H25N3O. The fourth-order valence-electron chi connectivity index (χ4n) is 2.98. The zero-order valence-electron chi connectivity index (χ0n) is 12.9. The van der Waals surface area contributed by atoms with Crippen LogP contribution in [0.15, 0.2) is 18.2 Å². The van der Waals surface area contributed by atoms with Gasteiger partial charge in [0.05, 0.1) is 5.56 Å². The van der Waals surface area contributed by atoms with Crippen LogP contribution in [-0.2, 0) is 0 Å². The third kappa shape index (κ3) is 2.89. The van der Waals surface area contributed by atoms with Gasteiger partial charge in [0.25, 0.3) is 5.91 Å². The normalized spacial score (nSPS) is 22.7. The number of carbonyl (C=O) groups is 1. The molecule has 0 saturated carbocycles. The number of nitrogen functional groups attached to an aromatic ring is 1. The quantitative estimate of drug-likeness (QED) is 0.844. The van der Waals surface area contributed by atoms with Crippen molar-refractivity contribution in [2.45, 2.75) is 32.7 Å². The summed E-state index contributed by atoms with van der Waals surface area (Å²) >= 11 is 0. The molecule has 1 aliphatic heterocycles. The van der Waals surface area contributed by atoms with Gasteiger partial charge in [-0.05, 0) is 43.9 Å². The maximum absolute atomic E-state index is 12.8. The van der Waals surface area contributed by atoms with Gasteiger partial charge in [-0.3, -0.25) is 4.79 Å². The van der Waals surface area contributed by atoms with E-state index in [0.29, 0.717) is 23.2 Å². The molecule has 1 aromatic carbocycles. The Morgan fingerprint density at radius 1 is 1.35 bits per heavy atom. The lowest BCUT2D eigenvalue weighted by atomic mass is 9.92. The predicted octanol–water partition coefficient (Wildman–Crippen LogP) is 2.60. The Labute approximate surface area is 121 Å². The van der Waals surface area contributed by atoms with Gasteiger partial charge in [0.1, 0.15) is 0 Å². The molecule has 4 nitrogen and oxygen atoms in total. The average Bonchev–Trinajstić information content (AvgIpc) is 2.37. The Balaban J connectivity index is 2.31. The topological polar surface area (TPSA) is 49.6 Å². The van der Waals surface area contributed by atoms with Gasteiger partial charge >= 0.3 is 0 Å². The summed E-state index contributed by atoms with van der Waals surface area (Å²) in [5.74, 6) is 0.795. The minimum atomic E-state index is 0.0976. The van der Waals surface area contributed by atoms with E-state index in [1.165, 1.54) is 0 Å². The number of rotatable bonds is 2. The first-order chi connectivity index (χ1) is 9.40. The van der Waals surface area contributed by atoms with Gasteiger partial charge in [0, 0.05) is 38.1 Å². The Hall–Kier alpha value is -1.71. The van der Waals surface area contributed by atoms with Crippen LogP contribution in [0, 0.1) is 5.92 Å². The zero-order chi connectivity index (χ0) is 14.9. The van der Waals surface area contributed by atoms with Crippen LogP contribution in [0.3, 0.4) is 0 Å². The monoisotopic (exact) mass is 275 g/mol. The summed E-state index contributed by atoms with van der Waals surface area (Å²) in [7, 11) is 3.90. The smallest absolute Gasteiger partial charge is 0.256 e. The number of nitrogens with two attached hydrogens (primary N) is 1. The Kier molecular flexibility index (Phi) is 4.21. The summed E-state index contributed by atoms with van der Waals surface area (Å²) in [6.07, 6.45) is 2.15. The number of anilines is 2. The van der Waals surface area contributed by atoms with Crippen LogP contribution in [0.25, 0.3) is 0 Å². The highest BCUT2D eigenvalue weighted by molar-refractivity contribution is 6.00. The first-order valence-electron chi connectivity index (χ1n) is 7.28. The van der Waals surface area contributed by atoms with E-state index < -0.39 is 0 Å². The zero-order valence-corrected chi connectivity index (χ0v) is 12.9. The number of hydrogen-bond donors (Lipinski definition) is 1. The standard InChI is InChI=1S/C16H25N3O/c1-11-7-8-19(12(2)9-11)16(20)14-10-13(17)5-6-15(14)18(3)4/h5-6,10-12H,7-9,17H2,1-4H3. The van der Waals surface area contributed by atoms with E-state index >= 15 is 0 Å². The van der Waals surface area contributed by atoms with Crippen LogP contribution in [0.2, 0.25) is 0 Å². The molecular weight excluding hydrogens is 250 g/mol. The van der Waals surface area contributed by atoms with Crippen molar-refractivity contribution in [1.29, 1.82) is 0 Å². The molecule has 2 N–H and O–H groups in total. The fraction of sp³-hybridized carbons (Fsp3) is 0.562. The molecule has 1 aromatic rings. The maximum Gasteiger partial charge on any atom is 0.256 e. The number of carbonyl (C=O) groups excluding carboxylic acids is 1. The number of hydrogen-bond acceptors (Lipinski definition) is 3. The molecule has 1 aliphatic rings. The third-order valence-electron chi connectivity index (χ3n) is 4.13. The van der Waals surface area contributed by atoms with Crippen molar-refractivity contribution < 1.29 is 4.79 Å². The number of benzene rings is 1. The van der Waals surface area contributed by atoms with Gasteiger partial charge < -0.3 is 15.5 Å². The first-order valence-corrected chi connectivity index (χ1v) is 7.28. The molecule has 0 bridgehead atoms. The highest BCUT2D eigenvalue weighted by Gasteiger charge is 2.29. The minimum absolute atomic E-state index is 0.0976. The predicted molar refractivity (Wildman–Crippen MR) is 84.1 cm³/mol. The van der Waals surface area contributed by atoms with Crippen LogP contribution in [0.4, 0.5) is 11.4 Å². The molecule has 1 fully saturated rings. The van der Waals surface area contributed by atoms with Crippen molar-refractivity contribution in [3.8, 4) is 0 Å². The summed E-state index contributed by atoms with van der Waals surface area (Å²) < 4.78 is 0. The van der Waals surface area contributed by atoms with Crippen LogP contribution in [-0.4, -0.2) is 37.5 Å². The summed E-state index contributed by atoms with van der Waals surface area (Å²) in [6.45, 7) is 5.22. The van der Waals surface area contributed by atoms with E-state index in [1.54, 1.807) is 6.07 Å². The second kappa shape index (κ2) is 5.73. The van der Waals surface area contributed by atoms with Crippen molar-refractivity contribution in [2.75, 3.05) is 31.3 Å². The van der Waals surface area contributed by atoms with Gasteiger partial charge in [0.2, 0.25) is 0 Å². The van der Waals surface area contributed by atoms with Crippen molar-refractivity contribution in [2.24, 2.45) is 5.92 Å². The van der Waals surface area contributed by atoms with Crippen LogP contribution in [0.1, 0.15) is 37.0 Å². The lowest BCUT2D eigenvalue weighted by Crippen LogP contribution is -2.44. The summed E-state index contributed by atoms with van der Waals surface area (Å²) in [4.78, 5) is 16.8. The van der Waals surface area contributed by atoms with Gasteiger partial charge in [-0.2, -0.15) is 0 Å². The Bertz CT molecular complexity index is 498. The molecule has 4 heteroatoms. The van der Waals surface area contributed by atoms with Crippen molar-refractivity contribution in [3.05, 3.63) is 23.8 Å². The SMILES string of the molecule is CC1CCN(C(=O)c2cc(N)ccc2N(C)C)C(C)C1. The van der Waals surface area contributed by atoms with Crippen LogP contribution < -0.4 is 10.6 Å². The van der Waals surface area contributed by atoms with E-state index in [0.717, 1.165) is 25.1 Å². The number of nitrogens with zero attached hydrogens (tertiary/aromatic N) is 2. The molecule has 1 saturated heterocycles. The summed E-state index contributed by atoms with van der Waals surface area (Å²) in [6, 6.07) is 5.85. The van der Waals surface area contributed by atoms with Crippen molar-refractivity contribution in [1.82, 2.24) is 4.90 Å².